The van der Waals surface area contributed by atoms with E-state index in [2.05, 4.69) is 22.5 Å². The molecule has 0 atom stereocenters. The highest BCUT2D eigenvalue weighted by molar-refractivity contribution is 5.81. The largest absolute Gasteiger partial charge is 0.389 e. The Morgan fingerprint density at radius 1 is 1.35 bits per heavy atom. The summed E-state index contributed by atoms with van der Waals surface area (Å²) in [6.45, 7) is 7.00. The SMILES string of the molecule is CCCCNc1ccc2c(=O)oc(NC(C)C)nc2c1. The van der Waals surface area contributed by atoms with Gasteiger partial charge >= 0.3 is 5.63 Å². The second kappa shape index (κ2) is 6.41. The molecule has 0 saturated heterocycles. The summed E-state index contributed by atoms with van der Waals surface area (Å²) < 4.78 is 5.14. The summed E-state index contributed by atoms with van der Waals surface area (Å²) >= 11 is 0. The molecule has 0 fully saturated rings. The Bertz CT molecular complexity index is 635. The van der Waals surface area contributed by atoms with E-state index < -0.39 is 0 Å². The molecular weight excluding hydrogens is 254 g/mol. The molecule has 1 aromatic carbocycles. The zero-order chi connectivity index (χ0) is 14.5. The molecule has 2 rings (SSSR count). The lowest BCUT2D eigenvalue weighted by atomic mass is 10.2. The molecule has 0 bridgehead atoms. The fraction of sp³-hybridized carbons (Fsp3) is 0.467. The molecule has 5 heteroatoms. The van der Waals surface area contributed by atoms with E-state index in [0.717, 1.165) is 25.1 Å². The van der Waals surface area contributed by atoms with Crippen molar-refractivity contribution in [3.63, 3.8) is 0 Å². The van der Waals surface area contributed by atoms with Crippen LogP contribution in [0.5, 0.6) is 0 Å². The van der Waals surface area contributed by atoms with Crippen molar-refractivity contribution in [2.75, 3.05) is 17.2 Å². The van der Waals surface area contributed by atoms with E-state index in [1.807, 2.05) is 26.0 Å². The van der Waals surface area contributed by atoms with E-state index in [0.29, 0.717) is 10.9 Å². The Labute approximate surface area is 118 Å². The minimum atomic E-state index is -0.363. The van der Waals surface area contributed by atoms with Crippen LogP contribution in [0.2, 0.25) is 0 Å². The van der Waals surface area contributed by atoms with Crippen molar-refractivity contribution in [3.8, 4) is 0 Å². The summed E-state index contributed by atoms with van der Waals surface area (Å²) in [4.78, 5) is 16.2. The molecule has 5 nitrogen and oxygen atoms in total. The van der Waals surface area contributed by atoms with Crippen molar-refractivity contribution in [2.45, 2.75) is 39.7 Å². The van der Waals surface area contributed by atoms with Crippen LogP contribution < -0.4 is 16.3 Å². The molecule has 2 N–H and O–H groups in total. The number of fused-ring (bicyclic) bond motifs is 1. The van der Waals surface area contributed by atoms with Gasteiger partial charge in [-0.25, -0.2) is 4.79 Å². The molecule has 0 aliphatic heterocycles. The van der Waals surface area contributed by atoms with Gasteiger partial charge in [-0.1, -0.05) is 13.3 Å². The van der Waals surface area contributed by atoms with Crippen molar-refractivity contribution >= 4 is 22.6 Å². The predicted octanol–water partition coefficient (Wildman–Crippen LogP) is 3.22. The first-order valence-corrected chi connectivity index (χ1v) is 7.05. The van der Waals surface area contributed by atoms with Crippen LogP contribution in [-0.2, 0) is 0 Å². The Morgan fingerprint density at radius 3 is 2.85 bits per heavy atom. The monoisotopic (exact) mass is 275 g/mol. The summed E-state index contributed by atoms with van der Waals surface area (Å²) in [6.07, 6.45) is 2.26. The van der Waals surface area contributed by atoms with E-state index in [1.54, 1.807) is 6.07 Å². The van der Waals surface area contributed by atoms with Crippen molar-refractivity contribution < 1.29 is 4.42 Å². The lowest BCUT2D eigenvalue weighted by molar-refractivity contribution is 0.511. The quantitative estimate of drug-likeness (QED) is 0.792. The number of hydrogen-bond acceptors (Lipinski definition) is 5. The number of unbranched alkanes of at least 4 members (excludes halogenated alkanes) is 1. The third kappa shape index (κ3) is 3.50. The smallest absolute Gasteiger partial charge is 0.348 e. The lowest BCUT2D eigenvalue weighted by Gasteiger charge is -2.09. The Kier molecular flexibility index (Phi) is 4.61. The highest BCUT2D eigenvalue weighted by atomic mass is 16.4. The first-order valence-electron chi connectivity index (χ1n) is 7.05. The average molecular weight is 275 g/mol. The van der Waals surface area contributed by atoms with E-state index in [9.17, 15) is 4.79 Å². The first-order chi connectivity index (χ1) is 9.60. The number of nitrogens with zero attached hydrogens (tertiary/aromatic N) is 1. The second-order valence-electron chi connectivity index (χ2n) is 5.12. The Balaban J connectivity index is 2.31. The summed E-state index contributed by atoms with van der Waals surface area (Å²) in [7, 11) is 0. The Morgan fingerprint density at radius 2 is 2.15 bits per heavy atom. The molecule has 20 heavy (non-hydrogen) atoms. The summed E-state index contributed by atoms with van der Waals surface area (Å²) in [5.41, 5.74) is 1.25. The van der Waals surface area contributed by atoms with Crippen LogP contribution in [0.4, 0.5) is 11.7 Å². The summed E-state index contributed by atoms with van der Waals surface area (Å²) in [6, 6.07) is 5.94. The van der Waals surface area contributed by atoms with Gasteiger partial charge in [0.2, 0.25) is 0 Å². The van der Waals surface area contributed by atoms with Gasteiger partial charge in [-0.3, -0.25) is 0 Å². The molecule has 0 unspecified atom stereocenters. The zero-order valence-electron chi connectivity index (χ0n) is 12.2. The van der Waals surface area contributed by atoms with Gasteiger partial charge in [0.25, 0.3) is 6.01 Å². The van der Waals surface area contributed by atoms with Crippen molar-refractivity contribution in [1.29, 1.82) is 0 Å². The number of aromatic nitrogens is 1. The number of anilines is 2. The molecule has 108 valence electrons. The summed E-state index contributed by atoms with van der Waals surface area (Å²) in [5, 5.41) is 6.84. The normalized spacial score (nSPS) is 11.0. The second-order valence-corrected chi connectivity index (χ2v) is 5.12. The van der Waals surface area contributed by atoms with Crippen LogP contribution in [-0.4, -0.2) is 17.6 Å². The minimum Gasteiger partial charge on any atom is -0.389 e. The van der Waals surface area contributed by atoms with Crippen molar-refractivity contribution in [1.82, 2.24) is 4.98 Å². The lowest BCUT2D eigenvalue weighted by Crippen LogP contribution is -2.14. The molecule has 0 aliphatic rings. The van der Waals surface area contributed by atoms with Crippen molar-refractivity contribution in [3.05, 3.63) is 28.6 Å². The van der Waals surface area contributed by atoms with E-state index in [1.165, 1.54) is 0 Å². The van der Waals surface area contributed by atoms with Crippen molar-refractivity contribution in [2.24, 2.45) is 0 Å². The molecule has 0 radical (unpaired) electrons. The highest BCUT2D eigenvalue weighted by Gasteiger charge is 2.07. The zero-order valence-corrected chi connectivity index (χ0v) is 12.2. The van der Waals surface area contributed by atoms with Gasteiger partial charge in [0, 0.05) is 18.3 Å². The Hall–Kier alpha value is -2.04. The summed E-state index contributed by atoms with van der Waals surface area (Å²) in [5.74, 6) is 0. The van der Waals surface area contributed by atoms with Crippen LogP contribution in [0, 0.1) is 0 Å². The van der Waals surface area contributed by atoms with Crippen LogP contribution in [0.15, 0.2) is 27.4 Å². The fourth-order valence-corrected chi connectivity index (χ4v) is 1.90. The van der Waals surface area contributed by atoms with Gasteiger partial charge in [-0.2, -0.15) is 4.98 Å². The molecule has 1 heterocycles. The fourth-order valence-electron chi connectivity index (χ4n) is 1.90. The predicted molar refractivity (Wildman–Crippen MR) is 82.4 cm³/mol. The van der Waals surface area contributed by atoms with Gasteiger partial charge in [0.05, 0.1) is 10.9 Å². The van der Waals surface area contributed by atoms with Crippen LogP contribution in [0.3, 0.4) is 0 Å². The molecular formula is C15H21N3O2. The van der Waals surface area contributed by atoms with Gasteiger partial charge in [0.15, 0.2) is 0 Å². The molecule has 0 spiro atoms. The highest BCUT2D eigenvalue weighted by Crippen LogP contribution is 2.17. The van der Waals surface area contributed by atoms with E-state index in [-0.39, 0.29) is 17.7 Å². The minimum absolute atomic E-state index is 0.161. The first kappa shape index (κ1) is 14.4. The van der Waals surface area contributed by atoms with Gasteiger partial charge in [0.1, 0.15) is 0 Å². The number of hydrogen-bond donors (Lipinski definition) is 2. The number of rotatable bonds is 6. The molecule has 0 saturated carbocycles. The topological polar surface area (TPSA) is 67.2 Å². The maximum atomic E-state index is 11.9. The van der Waals surface area contributed by atoms with E-state index in [4.69, 9.17) is 4.42 Å². The molecule has 1 aromatic heterocycles. The van der Waals surface area contributed by atoms with Crippen LogP contribution >= 0.6 is 0 Å². The standard InChI is InChI=1S/C15H21N3O2/c1-4-5-8-16-11-6-7-12-13(9-11)18-15(17-10(2)3)20-14(12)19/h6-7,9-10,16H,4-5,8H2,1-3H3,(H,17,18). The van der Waals surface area contributed by atoms with Crippen LogP contribution in [0.25, 0.3) is 10.9 Å². The molecule has 0 amide bonds. The molecule has 0 aliphatic carbocycles. The third-order valence-electron chi connectivity index (χ3n) is 2.90. The van der Waals surface area contributed by atoms with Gasteiger partial charge in [-0.15, -0.1) is 0 Å². The third-order valence-corrected chi connectivity index (χ3v) is 2.90. The van der Waals surface area contributed by atoms with Crippen LogP contribution in [0.1, 0.15) is 33.6 Å². The van der Waals surface area contributed by atoms with Gasteiger partial charge in [-0.05, 0) is 38.5 Å². The average Bonchev–Trinajstić information content (AvgIpc) is 2.38. The number of benzene rings is 1. The molecule has 2 aromatic rings. The van der Waals surface area contributed by atoms with Gasteiger partial charge < -0.3 is 15.1 Å². The maximum absolute atomic E-state index is 11.9. The number of nitrogens with one attached hydrogen (secondary N) is 2. The maximum Gasteiger partial charge on any atom is 0.348 e. The van der Waals surface area contributed by atoms with E-state index >= 15 is 0 Å².